The van der Waals surface area contributed by atoms with Crippen molar-refractivity contribution in [2.24, 2.45) is 0 Å². The van der Waals surface area contributed by atoms with E-state index in [1.165, 1.54) is 45.2 Å². The van der Waals surface area contributed by atoms with Gasteiger partial charge >= 0.3 is 0 Å². The molecule has 1 saturated heterocycles. The molecule has 6 heteroatoms. The zero-order valence-electron chi connectivity index (χ0n) is 14.8. The lowest BCUT2D eigenvalue weighted by Gasteiger charge is -2.31. The Bertz CT molecular complexity index is 429. The van der Waals surface area contributed by atoms with Crippen molar-refractivity contribution in [1.82, 2.24) is 10.2 Å². The summed E-state index contributed by atoms with van der Waals surface area (Å²) in [6.07, 6.45) is 6.34. The van der Waals surface area contributed by atoms with Gasteiger partial charge in [-0.3, -0.25) is 10.2 Å². The van der Waals surface area contributed by atoms with E-state index in [1.807, 2.05) is 24.3 Å². The number of nitrogens with one attached hydrogen (secondary N) is 1. The highest BCUT2D eigenvalue weighted by Gasteiger charge is 2.18. The van der Waals surface area contributed by atoms with E-state index in [9.17, 15) is 0 Å². The van der Waals surface area contributed by atoms with Crippen molar-refractivity contribution >= 4 is 0 Å². The molecular formula is C18H30Cl2N2O2-2. The Labute approximate surface area is 159 Å². The molecule has 0 spiro atoms. The van der Waals surface area contributed by atoms with Crippen LogP contribution in [-0.4, -0.2) is 44.4 Å². The first-order valence-electron chi connectivity index (χ1n) is 8.59. The molecule has 140 valence electrons. The third kappa shape index (κ3) is 7.93. The second kappa shape index (κ2) is 13.6. The average molecular weight is 377 g/mol. The Morgan fingerprint density at radius 3 is 2.38 bits per heavy atom. The quantitative estimate of drug-likeness (QED) is 0.375. The molecule has 0 saturated carbocycles. The lowest BCUT2D eigenvalue weighted by atomic mass is 10.1. The van der Waals surface area contributed by atoms with Crippen LogP contribution in [0.2, 0.25) is 0 Å². The Morgan fingerprint density at radius 1 is 1.08 bits per heavy atom. The number of hydrogen-bond acceptors (Lipinski definition) is 4. The van der Waals surface area contributed by atoms with Crippen molar-refractivity contribution in [3.63, 3.8) is 0 Å². The van der Waals surface area contributed by atoms with E-state index in [1.54, 1.807) is 7.11 Å². The first-order valence-corrected chi connectivity index (χ1v) is 8.59. The van der Waals surface area contributed by atoms with E-state index in [0.29, 0.717) is 0 Å². The summed E-state index contributed by atoms with van der Waals surface area (Å²) in [6.45, 7) is 6.50. The standard InChI is InChI=1S/C18H30N2O2.2ClH/c1-3-4-12-19-18(15-20-13-8-5-9-14-20)22-17-11-7-6-10-16(17)21-2;;/h6-7,10-11,18-19H,3-5,8-9,12-15H2,1-2H3;2*1H/p-2. The fourth-order valence-corrected chi connectivity index (χ4v) is 2.83. The Balaban J connectivity index is 0.00000264. The fourth-order valence-electron chi connectivity index (χ4n) is 2.83. The molecule has 0 amide bonds. The lowest BCUT2D eigenvalue weighted by molar-refractivity contribution is -0.001000. The van der Waals surface area contributed by atoms with Crippen molar-refractivity contribution in [3.05, 3.63) is 24.3 Å². The van der Waals surface area contributed by atoms with Gasteiger partial charge < -0.3 is 34.3 Å². The number of ether oxygens (including phenoxy) is 2. The lowest BCUT2D eigenvalue weighted by Crippen LogP contribution is -3.00. The van der Waals surface area contributed by atoms with Crippen LogP contribution in [0.5, 0.6) is 11.5 Å². The minimum absolute atomic E-state index is 0. The Hall–Kier alpha value is -0.680. The van der Waals surface area contributed by atoms with Gasteiger partial charge in [-0.05, 0) is 51.0 Å². The molecule has 24 heavy (non-hydrogen) atoms. The summed E-state index contributed by atoms with van der Waals surface area (Å²) in [6, 6.07) is 7.88. The molecule has 0 aliphatic carbocycles. The summed E-state index contributed by atoms with van der Waals surface area (Å²) in [5.41, 5.74) is 0. The number of halogens is 2. The van der Waals surface area contributed by atoms with Gasteiger partial charge in [-0.25, -0.2) is 0 Å². The predicted molar refractivity (Wildman–Crippen MR) is 90.6 cm³/mol. The van der Waals surface area contributed by atoms with Crippen LogP contribution in [0.4, 0.5) is 0 Å². The van der Waals surface area contributed by atoms with Crippen LogP contribution in [0.3, 0.4) is 0 Å². The van der Waals surface area contributed by atoms with E-state index >= 15 is 0 Å². The zero-order valence-corrected chi connectivity index (χ0v) is 16.3. The molecule has 1 N–H and O–H groups in total. The molecular weight excluding hydrogens is 347 g/mol. The van der Waals surface area contributed by atoms with Crippen molar-refractivity contribution in [3.8, 4) is 11.5 Å². The molecule has 1 fully saturated rings. The topological polar surface area (TPSA) is 33.7 Å². The normalized spacial score (nSPS) is 15.8. The van der Waals surface area contributed by atoms with Gasteiger partial charge in [0.1, 0.15) is 0 Å². The fraction of sp³-hybridized carbons (Fsp3) is 0.667. The van der Waals surface area contributed by atoms with Gasteiger partial charge in [0.25, 0.3) is 0 Å². The largest absolute Gasteiger partial charge is 1.00 e. The molecule has 1 aromatic rings. The molecule has 4 nitrogen and oxygen atoms in total. The molecule has 1 aromatic carbocycles. The van der Waals surface area contributed by atoms with Gasteiger partial charge in [-0.2, -0.15) is 0 Å². The van der Waals surface area contributed by atoms with Crippen LogP contribution in [0.25, 0.3) is 0 Å². The van der Waals surface area contributed by atoms with Crippen molar-refractivity contribution in [2.75, 3.05) is 33.3 Å². The summed E-state index contributed by atoms with van der Waals surface area (Å²) in [5.74, 6) is 1.61. The highest BCUT2D eigenvalue weighted by Crippen LogP contribution is 2.26. The summed E-state index contributed by atoms with van der Waals surface area (Å²) < 4.78 is 11.6. The molecule has 1 heterocycles. The van der Waals surface area contributed by atoms with Crippen molar-refractivity contribution in [2.45, 2.75) is 45.3 Å². The van der Waals surface area contributed by atoms with Crippen LogP contribution in [0, 0.1) is 0 Å². The highest BCUT2D eigenvalue weighted by molar-refractivity contribution is 5.39. The monoisotopic (exact) mass is 376 g/mol. The first-order chi connectivity index (χ1) is 10.8. The number of hydrogen-bond donors (Lipinski definition) is 1. The maximum absolute atomic E-state index is 6.21. The minimum atomic E-state index is 0. The number of unbranched alkanes of at least 4 members (excludes halogenated alkanes) is 1. The van der Waals surface area contributed by atoms with Gasteiger partial charge in [0.2, 0.25) is 0 Å². The number of rotatable bonds is 9. The van der Waals surface area contributed by atoms with Crippen LogP contribution < -0.4 is 39.6 Å². The maximum Gasteiger partial charge on any atom is 0.163 e. The maximum atomic E-state index is 6.21. The molecule has 0 radical (unpaired) electrons. The molecule has 1 unspecified atom stereocenters. The molecule has 2 rings (SSSR count). The predicted octanol–water partition coefficient (Wildman–Crippen LogP) is -2.72. The third-order valence-electron chi connectivity index (χ3n) is 4.11. The first kappa shape index (κ1) is 23.3. The number of nitrogens with zero attached hydrogens (tertiary/aromatic N) is 1. The number of methoxy groups -OCH3 is 1. The Morgan fingerprint density at radius 2 is 1.75 bits per heavy atom. The van der Waals surface area contributed by atoms with Crippen molar-refractivity contribution in [1.29, 1.82) is 0 Å². The van der Waals surface area contributed by atoms with E-state index in [4.69, 9.17) is 9.47 Å². The summed E-state index contributed by atoms with van der Waals surface area (Å²) in [5, 5.41) is 3.55. The van der Waals surface area contributed by atoms with E-state index in [2.05, 4.69) is 17.1 Å². The summed E-state index contributed by atoms with van der Waals surface area (Å²) >= 11 is 0. The molecule has 0 aromatic heterocycles. The minimum Gasteiger partial charge on any atom is -1.00 e. The van der Waals surface area contributed by atoms with Crippen molar-refractivity contribution < 1.29 is 34.3 Å². The van der Waals surface area contributed by atoms with Crippen LogP contribution >= 0.6 is 0 Å². The molecule has 1 aliphatic heterocycles. The summed E-state index contributed by atoms with van der Waals surface area (Å²) in [7, 11) is 1.69. The van der Waals surface area contributed by atoms with Gasteiger partial charge in [0.05, 0.1) is 7.11 Å². The number of benzene rings is 1. The second-order valence-electron chi connectivity index (χ2n) is 5.93. The molecule has 0 bridgehead atoms. The van der Waals surface area contributed by atoms with Crippen LogP contribution in [0.15, 0.2) is 24.3 Å². The summed E-state index contributed by atoms with van der Waals surface area (Å²) in [4.78, 5) is 2.50. The molecule has 1 aliphatic rings. The average Bonchev–Trinajstić information content (AvgIpc) is 2.56. The number of para-hydroxylation sites is 2. The van der Waals surface area contributed by atoms with Crippen LogP contribution in [0.1, 0.15) is 39.0 Å². The second-order valence-corrected chi connectivity index (χ2v) is 5.93. The van der Waals surface area contributed by atoms with Gasteiger partial charge in [-0.15, -0.1) is 0 Å². The van der Waals surface area contributed by atoms with E-state index < -0.39 is 0 Å². The number of likely N-dealkylation sites (tertiary alicyclic amines) is 1. The Kier molecular flexibility index (Phi) is 13.2. The smallest absolute Gasteiger partial charge is 0.163 e. The molecule has 1 atom stereocenters. The third-order valence-corrected chi connectivity index (χ3v) is 4.11. The van der Waals surface area contributed by atoms with Gasteiger partial charge in [-0.1, -0.05) is 31.9 Å². The zero-order chi connectivity index (χ0) is 15.6. The van der Waals surface area contributed by atoms with E-state index in [-0.39, 0.29) is 31.0 Å². The SMILES string of the molecule is CCCCNC(CN1CCCCC1)Oc1ccccc1OC.[Cl-].[Cl-]. The van der Waals surface area contributed by atoms with E-state index in [0.717, 1.165) is 24.6 Å². The van der Waals surface area contributed by atoms with Crippen LogP contribution in [-0.2, 0) is 0 Å². The van der Waals surface area contributed by atoms with Gasteiger partial charge in [0.15, 0.2) is 17.7 Å². The number of piperidine rings is 1. The van der Waals surface area contributed by atoms with Gasteiger partial charge in [0, 0.05) is 6.54 Å². The highest BCUT2D eigenvalue weighted by atomic mass is 35.5.